The average molecular weight is 969 g/mol. The topological polar surface area (TPSA) is 169 Å². The molecule has 0 aliphatic carbocycles. The van der Waals surface area contributed by atoms with Crippen molar-refractivity contribution in [1.29, 1.82) is 5.26 Å². The lowest BCUT2D eigenvalue weighted by atomic mass is 9.80. The fourth-order valence-corrected chi connectivity index (χ4v) is 10.3. The molecule has 7 rings (SSSR count). The van der Waals surface area contributed by atoms with Gasteiger partial charge in [0, 0.05) is 37.3 Å². The van der Waals surface area contributed by atoms with Crippen LogP contribution in [-0.4, -0.2) is 83.3 Å². The first-order chi connectivity index (χ1) is 33.8. The van der Waals surface area contributed by atoms with Crippen LogP contribution in [0.3, 0.4) is 0 Å². The molecule has 4 atom stereocenters. The number of aryl methyl sites for hydroxylation is 2. The van der Waals surface area contributed by atoms with Crippen LogP contribution in [0.25, 0.3) is 0 Å². The number of hydrogen-bond donors (Lipinski definition) is 1. The summed E-state index contributed by atoms with van der Waals surface area (Å²) in [6.45, 7) is 10.2. The molecule has 0 spiro atoms. The van der Waals surface area contributed by atoms with Gasteiger partial charge in [0.15, 0.2) is 6.61 Å². The maximum atomic E-state index is 13.3. The van der Waals surface area contributed by atoms with Gasteiger partial charge in [0.25, 0.3) is 8.53 Å². The van der Waals surface area contributed by atoms with Gasteiger partial charge in [-0.3, -0.25) is 9.78 Å². The minimum Gasteiger partial charge on any atom is -0.497 e. The molecule has 0 saturated carbocycles. The molecule has 70 heavy (non-hydrogen) atoms. The summed E-state index contributed by atoms with van der Waals surface area (Å²) in [6, 6.07) is 38.8. The van der Waals surface area contributed by atoms with Crippen molar-refractivity contribution in [3.8, 4) is 23.3 Å². The summed E-state index contributed by atoms with van der Waals surface area (Å²) in [4.78, 5) is 35.5. The Morgan fingerprint density at radius 2 is 1.50 bits per heavy atom. The first-order valence-corrected chi connectivity index (χ1v) is 24.4. The third kappa shape index (κ3) is 12.1. The molecule has 1 fully saturated rings. The highest BCUT2D eigenvalue weighted by molar-refractivity contribution is 7.44. The van der Waals surface area contributed by atoms with Crippen LogP contribution < -0.4 is 25.2 Å². The highest BCUT2D eigenvalue weighted by Crippen LogP contribution is 2.52. The second-order valence-electron chi connectivity index (χ2n) is 17.4. The van der Waals surface area contributed by atoms with Crippen molar-refractivity contribution in [2.75, 3.05) is 39.4 Å². The SMILES string of the molecule is COc1ccc(C(OC[C@H]2O[C@@H](c3cn(C)c(=O)nc3Nc3cnc(C(=O)COc4ccccc4)c(C)c3)C[C@@H]2OP(OCCC#N)N(C(C)C)C(C)C)(c2ccccc2)c2ccc(OC)cc2)cc1. The third-order valence-corrected chi connectivity index (χ3v) is 14.1. The van der Waals surface area contributed by atoms with E-state index in [0.717, 1.165) is 16.7 Å². The monoisotopic (exact) mass is 968 g/mol. The second-order valence-corrected chi connectivity index (χ2v) is 18.8. The molecule has 1 saturated heterocycles. The van der Waals surface area contributed by atoms with E-state index in [2.05, 4.69) is 53.7 Å². The van der Waals surface area contributed by atoms with Gasteiger partial charge in [-0.15, -0.1) is 0 Å². The van der Waals surface area contributed by atoms with Gasteiger partial charge < -0.3 is 42.6 Å². The zero-order chi connectivity index (χ0) is 49.8. The smallest absolute Gasteiger partial charge is 0.349 e. The number of rotatable bonds is 23. The van der Waals surface area contributed by atoms with Crippen molar-refractivity contribution < 1.29 is 37.5 Å². The average Bonchev–Trinajstić information content (AvgIpc) is 3.77. The minimum absolute atomic E-state index is 0.0351. The van der Waals surface area contributed by atoms with Crippen molar-refractivity contribution >= 4 is 25.8 Å². The summed E-state index contributed by atoms with van der Waals surface area (Å²) in [5.74, 6) is 1.95. The summed E-state index contributed by atoms with van der Waals surface area (Å²) < 4.78 is 48.5. The number of Topliss-reactive ketones (excluding diaryl/α,β-unsaturated/α-hetero) is 1. The van der Waals surface area contributed by atoms with Crippen LogP contribution in [0.2, 0.25) is 0 Å². The Morgan fingerprint density at radius 1 is 0.900 bits per heavy atom. The van der Waals surface area contributed by atoms with Crippen molar-refractivity contribution in [3.05, 3.63) is 172 Å². The predicted molar refractivity (Wildman–Crippen MR) is 269 cm³/mol. The maximum absolute atomic E-state index is 13.3. The van der Waals surface area contributed by atoms with Crippen LogP contribution in [0.15, 0.2) is 132 Å². The number of benzene rings is 4. The fourth-order valence-electron chi connectivity index (χ4n) is 8.57. The van der Waals surface area contributed by atoms with Gasteiger partial charge in [0.2, 0.25) is 5.78 Å². The molecule has 1 aliphatic rings. The van der Waals surface area contributed by atoms with E-state index in [4.69, 9.17) is 32.7 Å². The van der Waals surface area contributed by atoms with Crippen LogP contribution in [0.5, 0.6) is 17.2 Å². The molecule has 0 amide bonds. The number of anilines is 2. The van der Waals surface area contributed by atoms with E-state index in [-0.39, 0.29) is 55.6 Å². The minimum atomic E-state index is -1.72. The molecule has 15 nitrogen and oxygen atoms in total. The largest absolute Gasteiger partial charge is 0.497 e. The van der Waals surface area contributed by atoms with Gasteiger partial charge in [-0.05, 0) is 99.3 Å². The number of para-hydroxylation sites is 1. The Hall–Kier alpha value is -6.50. The molecule has 4 aromatic carbocycles. The van der Waals surface area contributed by atoms with Crippen LogP contribution in [0.1, 0.15) is 84.9 Å². The van der Waals surface area contributed by atoms with E-state index in [0.29, 0.717) is 40.5 Å². The summed E-state index contributed by atoms with van der Waals surface area (Å²) in [7, 11) is 3.18. The molecule has 1 N–H and O–H groups in total. The molecule has 6 aromatic rings. The van der Waals surface area contributed by atoms with Crippen molar-refractivity contribution in [2.45, 2.75) is 83.5 Å². The maximum Gasteiger partial charge on any atom is 0.349 e. The van der Waals surface area contributed by atoms with Gasteiger partial charge >= 0.3 is 5.69 Å². The molecule has 366 valence electrons. The zero-order valence-corrected chi connectivity index (χ0v) is 41.8. The number of hydrogen-bond acceptors (Lipinski definition) is 14. The number of carbonyl (C=O) groups is 1. The number of carbonyl (C=O) groups excluding carboxylic acids is 1. The van der Waals surface area contributed by atoms with E-state index >= 15 is 0 Å². The Bertz CT molecular complexity index is 2700. The van der Waals surface area contributed by atoms with E-state index in [1.807, 2.05) is 97.1 Å². The Labute approximate surface area is 411 Å². The molecule has 3 heterocycles. The Balaban J connectivity index is 1.27. The number of nitriles is 1. The molecule has 1 aliphatic heterocycles. The highest BCUT2D eigenvalue weighted by Gasteiger charge is 2.45. The summed E-state index contributed by atoms with van der Waals surface area (Å²) in [5, 5.41) is 12.8. The molecule has 0 bridgehead atoms. The van der Waals surface area contributed by atoms with Gasteiger partial charge in [0.1, 0.15) is 40.5 Å². The number of nitrogens with zero attached hydrogens (tertiary/aromatic N) is 5. The third-order valence-electron chi connectivity index (χ3n) is 11.9. The Morgan fingerprint density at radius 3 is 2.07 bits per heavy atom. The van der Waals surface area contributed by atoms with E-state index in [1.165, 1.54) is 10.8 Å². The molecular formula is C54H61N6O9P. The lowest BCUT2D eigenvalue weighted by Gasteiger charge is -2.39. The predicted octanol–water partition coefficient (Wildman–Crippen LogP) is 10.0. The lowest BCUT2D eigenvalue weighted by Crippen LogP contribution is -2.39. The molecule has 2 aromatic heterocycles. The Kier molecular flexibility index (Phi) is 17.5. The van der Waals surface area contributed by atoms with Gasteiger partial charge in [-0.25, -0.2) is 9.46 Å². The lowest BCUT2D eigenvalue weighted by molar-refractivity contribution is -0.0806. The number of nitrogens with one attached hydrogen (secondary N) is 1. The van der Waals surface area contributed by atoms with Gasteiger partial charge in [-0.2, -0.15) is 10.2 Å². The van der Waals surface area contributed by atoms with Crippen LogP contribution in [0.4, 0.5) is 11.5 Å². The van der Waals surface area contributed by atoms with Gasteiger partial charge in [-0.1, -0.05) is 72.8 Å². The van der Waals surface area contributed by atoms with Crippen LogP contribution >= 0.6 is 8.53 Å². The standard InChI is InChI=1S/C54H61N6O9P/c1-36(2)60(37(3)4)70(67-29-15-28-55)69-49-31-48(46-33-59(6)53(62)58-52(46)57-42-30-38(5)51(56-32-42)47(61)34-65-45-18-13-10-14-19-45)68-50(49)35-66-54(39-16-11-9-12-17-39,40-20-24-43(63-7)25-21-40)41-22-26-44(64-8)27-23-41/h9-14,16-27,30,32-33,36-37,48-50H,15,29,31,34-35H2,1-8H3,(H,57,58,62)/t48-,49+,50-,70?/m1/s1. The van der Waals surface area contributed by atoms with E-state index in [1.54, 1.807) is 52.6 Å². The fraction of sp³-hybridized carbons (Fsp3) is 0.352. The zero-order valence-electron chi connectivity index (χ0n) is 40.9. The number of ketones is 1. The summed E-state index contributed by atoms with van der Waals surface area (Å²) >= 11 is 0. The number of ether oxygens (including phenoxy) is 5. The number of methoxy groups -OCH3 is 2. The second kappa shape index (κ2) is 23.9. The van der Waals surface area contributed by atoms with Gasteiger partial charge in [0.05, 0.1) is 64.0 Å². The first kappa shape index (κ1) is 51.4. The van der Waals surface area contributed by atoms with Crippen LogP contribution in [-0.2, 0) is 31.2 Å². The summed E-state index contributed by atoms with van der Waals surface area (Å²) in [6.07, 6.45) is 1.78. The highest BCUT2D eigenvalue weighted by atomic mass is 31.2. The van der Waals surface area contributed by atoms with E-state index < -0.39 is 38.1 Å². The first-order valence-electron chi connectivity index (χ1n) is 23.3. The molecule has 16 heteroatoms. The molecular weight excluding hydrogens is 908 g/mol. The normalized spacial score (nSPS) is 16.3. The molecule has 1 unspecified atom stereocenters. The van der Waals surface area contributed by atoms with Crippen molar-refractivity contribution in [3.63, 3.8) is 0 Å². The number of pyridine rings is 1. The molecule has 0 radical (unpaired) electrons. The van der Waals surface area contributed by atoms with Crippen molar-refractivity contribution in [1.82, 2.24) is 19.2 Å². The van der Waals surface area contributed by atoms with Crippen molar-refractivity contribution in [2.24, 2.45) is 7.05 Å². The number of aromatic nitrogens is 3. The van der Waals surface area contributed by atoms with E-state index in [9.17, 15) is 14.9 Å². The quantitative estimate of drug-likeness (QED) is 0.0279. The van der Waals surface area contributed by atoms with Crippen LogP contribution in [0, 0.1) is 18.3 Å². The summed E-state index contributed by atoms with van der Waals surface area (Å²) in [5.41, 5.74) is 2.89.